The Morgan fingerprint density at radius 3 is 2.81 bits per heavy atom. The van der Waals surface area contributed by atoms with Crippen LogP contribution in [0.1, 0.15) is 37.8 Å². The summed E-state index contributed by atoms with van der Waals surface area (Å²) in [4.78, 5) is 11.7. The molecule has 1 amide bonds. The Balaban J connectivity index is 1.96. The molecule has 2 nitrogen and oxygen atoms in total. The molecular weight excluding hydrogens is 222 g/mol. The highest BCUT2D eigenvalue weighted by atomic mass is 35.5. The Morgan fingerprint density at radius 1 is 1.50 bits per heavy atom. The maximum Gasteiger partial charge on any atom is 0.223 e. The number of amides is 1. The highest BCUT2D eigenvalue weighted by Crippen LogP contribution is 2.27. The number of carbonyl (C=O) groups is 1. The second-order valence-electron chi connectivity index (χ2n) is 4.41. The predicted octanol–water partition coefficient (Wildman–Crippen LogP) is 3.32. The Hall–Kier alpha value is -1.02. The number of halogens is 1. The molecule has 1 atom stereocenters. The van der Waals surface area contributed by atoms with Gasteiger partial charge in [0, 0.05) is 10.9 Å². The molecule has 0 aromatic heterocycles. The van der Waals surface area contributed by atoms with E-state index in [0.717, 1.165) is 18.4 Å². The van der Waals surface area contributed by atoms with Crippen LogP contribution in [0.2, 0.25) is 5.02 Å². The van der Waals surface area contributed by atoms with E-state index in [-0.39, 0.29) is 17.9 Å². The lowest BCUT2D eigenvalue weighted by Crippen LogP contribution is -2.35. The summed E-state index contributed by atoms with van der Waals surface area (Å²) in [7, 11) is 0. The number of hydrogen-bond donors (Lipinski definition) is 1. The van der Waals surface area contributed by atoms with Crippen LogP contribution in [0.25, 0.3) is 0 Å². The third kappa shape index (κ3) is 2.56. The largest absolute Gasteiger partial charge is 0.349 e. The molecule has 1 aromatic rings. The van der Waals surface area contributed by atoms with Crippen LogP contribution in [0.3, 0.4) is 0 Å². The van der Waals surface area contributed by atoms with Gasteiger partial charge in [0.1, 0.15) is 0 Å². The van der Waals surface area contributed by atoms with E-state index in [1.165, 1.54) is 6.42 Å². The minimum absolute atomic E-state index is 0.0341. The van der Waals surface area contributed by atoms with Crippen molar-refractivity contribution in [1.29, 1.82) is 0 Å². The molecule has 0 saturated heterocycles. The predicted molar refractivity (Wildman–Crippen MR) is 65.4 cm³/mol. The number of hydrogen-bond acceptors (Lipinski definition) is 1. The van der Waals surface area contributed by atoms with Crippen molar-refractivity contribution >= 4 is 17.5 Å². The molecule has 0 bridgehead atoms. The van der Waals surface area contributed by atoms with Crippen LogP contribution in [-0.4, -0.2) is 5.91 Å². The standard InChI is InChI=1S/C13H16ClNO/c1-9(11-6-3-7-12(14)8-11)15-13(16)10-4-2-5-10/h3,6-10H,2,4-5H2,1H3,(H,15,16). The Kier molecular flexibility index (Phi) is 3.49. The van der Waals surface area contributed by atoms with Crippen molar-refractivity contribution in [3.63, 3.8) is 0 Å². The normalized spacial score (nSPS) is 17.6. The smallest absolute Gasteiger partial charge is 0.223 e. The third-order valence-corrected chi connectivity index (χ3v) is 3.42. The number of rotatable bonds is 3. The summed E-state index contributed by atoms with van der Waals surface area (Å²) in [6.07, 6.45) is 3.26. The first kappa shape index (κ1) is 11.5. The topological polar surface area (TPSA) is 29.1 Å². The molecule has 3 heteroatoms. The lowest BCUT2D eigenvalue weighted by molar-refractivity contribution is -0.128. The van der Waals surface area contributed by atoms with E-state index in [1.807, 2.05) is 31.2 Å². The molecule has 1 saturated carbocycles. The Labute approximate surface area is 101 Å². The molecule has 1 aromatic carbocycles. The van der Waals surface area contributed by atoms with Crippen LogP contribution in [-0.2, 0) is 4.79 Å². The molecule has 16 heavy (non-hydrogen) atoms. The fraction of sp³-hybridized carbons (Fsp3) is 0.462. The fourth-order valence-corrected chi connectivity index (χ4v) is 2.06. The van der Waals surface area contributed by atoms with Gasteiger partial charge in [0.05, 0.1) is 6.04 Å². The van der Waals surface area contributed by atoms with Crippen LogP contribution < -0.4 is 5.32 Å². The molecule has 86 valence electrons. The molecule has 0 aliphatic heterocycles. The molecule has 0 spiro atoms. The van der Waals surface area contributed by atoms with Crippen molar-refractivity contribution in [2.45, 2.75) is 32.2 Å². The monoisotopic (exact) mass is 237 g/mol. The molecule has 1 aliphatic rings. The van der Waals surface area contributed by atoms with Gasteiger partial charge in [0.2, 0.25) is 5.91 Å². The van der Waals surface area contributed by atoms with Gasteiger partial charge in [-0.05, 0) is 37.5 Å². The third-order valence-electron chi connectivity index (χ3n) is 3.18. The van der Waals surface area contributed by atoms with E-state index in [2.05, 4.69) is 5.32 Å². The van der Waals surface area contributed by atoms with E-state index >= 15 is 0 Å². The Bertz CT molecular complexity index is 387. The minimum Gasteiger partial charge on any atom is -0.349 e. The fourth-order valence-electron chi connectivity index (χ4n) is 1.86. The zero-order valence-electron chi connectivity index (χ0n) is 9.37. The molecule has 0 radical (unpaired) electrons. The average molecular weight is 238 g/mol. The summed E-state index contributed by atoms with van der Waals surface area (Å²) in [6, 6.07) is 7.66. The second-order valence-corrected chi connectivity index (χ2v) is 4.85. The molecule has 1 N–H and O–H groups in total. The summed E-state index contributed by atoms with van der Waals surface area (Å²) in [5, 5.41) is 3.74. The van der Waals surface area contributed by atoms with Crippen LogP contribution in [0, 0.1) is 5.92 Å². The van der Waals surface area contributed by atoms with Crippen LogP contribution in [0.15, 0.2) is 24.3 Å². The lowest BCUT2D eigenvalue weighted by Gasteiger charge is -2.26. The summed E-state index contributed by atoms with van der Waals surface area (Å²) in [6.45, 7) is 1.99. The van der Waals surface area contributed by atoms with E-state index in [4.69, 9.17) is 11.6 Å². The van der Waals surface area contributed by atoms with E-state index in [1.54, 1.807) is 0 Å². The maximum absolute atomic E-state index is 11.7. The zero-order valence-corrected chi connectivity index (χ0v) is 10.1. The first-order valence-electron chi connectivity index (χ1n) is 5.72. The summed E-state index contributed by atoms with van der Waals surface area (Å²) < 4.78 is 0. The number of carbonyl (C=O) groups excluding carboxylic acids is 1. The van der Waals surface area contributed by atoms with Crippen molar-refractivity contribution in [2.24, 2.45) is 5.92 Å². The van der Waals surface area contributed by atoms with Crippen molar-refractivity contribution in [2.75, 3.05) is 0 Å². The van der Waals surface area contributed by atoms with Crippen molar-refractivity contribution in [1.82, 2.24) is 5.32 Å². The van der Waals surface area contributed by atoms with Gasteiger partial charge in [-0.1, -0.05) is 30.2 Å². The molecule has 0 heterocycles. The second kappa shape index (κ2) is 4.88. The van der Waals surface area contributed by atoms with Crippen LogP contribution in [0.4, 0.5) is 0 Å². The highest BCUT2D eigenvalue weighted by Gasteiger charge is 2.26. The maximum atomic E-state index is 11.7. The molecule has 1 unspecified atom stereocenters. The van der Waals surface area contributed by atoms with Gasteiger partial charge >= 0.3 is 0 Å². The van der Waals surface area contributed by atoms with Gasteiger partial charge < -0.3 is 5.32 Å². The molecule has 1 fully saturated rings. The van der Waals surface area contributed by atoms with Crippen LogP contribution >= 0.6 is 11.6 Å². The number of nitrogens with one attached hydrogen (secondary N) is 1. The summed E-state index contributed by atoms with van der Waals surface area (Å²) >= 11 is 5.91. The SMILES string of the molecule is CC(NC(=O)C1CCC1)c1cccc(Cl)c1. The first-order valence-corrected chi connectivity index (χ1v) is 6.10. The lowest BCUT2D eigenvalue weighted by atomic mass is 9.84. The zero-order chi connectivity index (χ0) is 11.5. The minimum atomic E-state index is 0.0341. The van der Waals surface area contributed by atoms with Gasteiger partial charge in [-0.3, -0.25) is 4.79 Å². The summed E-state index contributed by atoms with van der Waals surface area (Å²) in [5.41, 5.74) is 1.06. The molecule has 1 aliphatic carbocycles. The van der Waals surface area contributed by atoms with Gasteiger partial charge in [-0.2, -0.15) is 0 Å². The average Bonchev–Trinajstić information content (AvgIpc) is 2.14. The molecule has 2 rings (SSSR count). The highest BCUT2D eigenvalue weighted by molar-refractivity contribution is 6.30. The van der Waals surface area contributed by atoms with Crippen molar-refractivity contribution in [3.05, 3.63) is 34.9 Å². The van der Waals surface area contributed by atoms with Gasteiger partial charge in [-0.25, -0.2) is 0 Å². The van der Waals surface area contributed by atoms with E-state index in [0.29, 0.717) is 5.02 Å². The van der Waals surface area contributed by atoms with Crippen molar-refractivity contribution < 1.29 is 4.79 Å². The Morgan fingerprint density at radius 2 is 2.25 bits per heavy atom. The van der Waals surface area contributed by atoms with Gasteiger partial charge in [-0.15, -0.1) is 0 Å². The van der Waals surface area contributed by atoms with Gasteiger partial charge in [0.25, 0.3) is 0 Å². The van der Waals surface area contributed by atoms with E-state index in [9.17, 15) is 4.79 Å². The molecular formula is C13H16ClNO. The van der Waals surface area contributed by atoms with Gasteiger partial charge in [0.15, 0.2) is 0 Å². The van der Waals surface area contributed by atoms with Crippen LogP contribution in [0.5, 0.6) is 0 Å². The number of benzene rings is 1. The quantitative estimate of drug-likeness (QED) is 0.859. The van der Waals surface area contributed by atoms with E-state index < -0.39 is 0 Å². The first-order chi connectivity index (χ1) is 7.66. The summed E-state index contributed by atoms with van der Waals surface area (Å²) in [5.74, 6) is 0.417. The van der Waals surface area contributed by atoms with Crippen molar-refractivity contribution in [3.8, 4) is 0 Å².